The summed E-state index contributed by atoms with van der Waals surface area (Å²) in [6, 6.07) is 8.46. The molecule has 210 valence electrons. The second-order valence-electron chi connectivity index (χ2n) is 10.0. The van der Waals surface area contributed by atoms with Crippen molar-refractivity contribution in [2.24, 2.45) is 5.92 Å². The molecule has 2 aromatic carbocycles. The van der Waals surface area contributed by atoms with Gasteiger partial charge >= 0.3 is 18.1 Å². The number of benzene rings is 2. The number of aliphatic hydroxyl groups is 1. The van der Waals surface area contributed by atoms with Crippen LogP contribution in [0.5, 0.6) is 0 Å². The number of likely N-dealkylation sites (tertiary alicyclic amines) is 1. The van der Waals surface area contributed by atoms with Crippen molar-refractivity contribution in [2.75, 3.05) is 19.6 Å². The van der Waals surface area contributed by atoms with Crippen molar-refractivity contribution < 1.29 is 42.5 Å². The van der Waals surface area contributed by atoms with E-state index in [9.17, 15) is 22.7 Å². The molecule has 1 saturated carbocycles. The van der Waals surface area contributed by atoms with E-state index in [0.29, 0.717) is 11.5 Å². The van der Waals surface area contributed by atoms with Crippen molar-refractivity contribution in [1.29, 1.82) is 0 Å². The SMILES string of the molecule is O=C(O)C(=O)O.OC1CCCC(CN2CCC(=C3c4ccc(F)cc4Sc4ccc(C(F)(F)F)cc43)CC2)C1. The van der Waals surface area contributed by atoms with Crippen molar-refractivity contribution in [3.63, 3.8) is 0 Å². The van der Waals surface area contributed by atoms with E-state index in [-0.39, 0.29) is 11.9 Å². The third-order valence-corrected chi connectivity index (χ3v) is 8.41. The maximum Gasteiger partial charge on any atom is 0.416 e. The van der Waals surface area contributed by atoms with Crippen LogP contribution < -0.4 is 0 Å². The molecule has 2 aliphatic heterocycles. The molecule has 0 aromatic heterocycles. The molecule has 1 saturated heterocycles. The van der Waals surface area contributed by atoms with E-state index < -0.39 is 23.7 Å². The lowest BCUT2D eigenvalue weighted by Crippen LogP contribution is -2.37. The van der Waals surface area contributed by atoms with Gasteiger partial charge in [-0.1, -0.05) is 29.8 Å². The van der Waals surface area contributed by atoms with Crippen molar-refractivity contribution in [2.45, 2.75) is 60.6 Å². The second-order valence-corrected chi connectivity index (χ2v) is 11.1. The molecule has 0 spiro atoms. The Labute approximate surface area is 227 Å². The lowest BCUT2D eigenvalue weighted by atomic mass is 9.85. The summed E-state index contributed by atoms with van der Waals surface area (Å²) in [5.41, 5.74) is 2.76. The number of aliphatic hydroxyl groups excluding tert-OH is 1. The first-order valence-corrected chi connectivity index (χ1v) is 13.5. The predicted molar refractivity (Wildman–Crippen MR) is 137 cm³/mol. The number of hydrogen-bond acceptors (Lipinski definition) is 5. The maximum atomic E-state index is 14.0. The summed E-state index contributed by atoms with van der Waals surface area (Å²) in [4.78, 5) is 22.1. The van der Waals surface area contributed by atoms with Crippen molar-refractivity contribution in [3.05, 3.63) is 64.5 Å². The van der Waals surface area contributed by atoms with Gasteiger partial charge < -0.3 is 20.2 Å². The van der Waals surface area contributed by atoms with Crippen LogP contribution in [0.1, 0.15) is 55.2 Å². The van der Waals surface area contributed by atoms with Gasteiger partial charge in [-0.2, -0.15) is 13.2 Å². The summed E-state index contributed by atoms with van der Waals surface area (Å²) < 4.78 is 54.4. The van der Waals surface area contributed by atoms with Gasteiger partial charge in [0.2, 0.25) is 0 Å². The lowest BCUT2D eigenvalue weighted by Gasteiger charge is -2.36. The zero-order valence-electron chi connectivity index (χ0n) is 21.0. The zero-order valence-corrected chi connectivity index (χ0v) is 21.8. The van der Waals surface area contributed by atoms with Gasteiger partial charge in [0.05, 0.1) is 11.7 Å². The standard InChI is InChI=1S/C26H27F4NOS.C2H2O4/c27-19-5-6-21-24(14-19)33-23-7-4-18(26(28,29)30)13-22(23)25(21)17-8-10-31(11-9-17)15-16-2-1-3-20(32)12-16;3-1(4)2(5)6/h4-7,13-14,16,20,32H,1-3,8-12,15H2;(H,3,4)(H,5,6). The molecule has 0 amide bonds. The monoisotopic (exact) mass is 567 g/mol. The largest absolute Gasteiger partial charge is 0.473 e. The molecule has 2 atom stereocenters. The Morgan fingerprint density at radius 1 is 0.949 bits per heavy atom. The molecule has 39 heavy (non-hydrogen) atoms. The molecular weight excluding hydrogens is 538 g/mol. The summed E-state index contributed by atoms with van der Waals surface area (Å²) in [5, 5.41) is 24.8. The van der Waals surface area contributed by atoms with Gasteiger partial charge in [-0.25, -0.2) is 14.0 Å². The molecule has 3 N–H and O–H groups in total. The average molecular weight is 568 g/mol. The number of carboxylic acid groups (broad SMARTS) is 2. The minimum absolute atomic E-state index is 0.192. The number of aliphatic carboxylic acids is 2. The van der Waals surface area contributed by atoms with E-state index >= 15 is 0 Å². The van der Waals surface area contributed by atoms with E-state index in [0.717, 1.165) is 90.7 Å². The van der Waals surface area contributed by atoms with Crippen molar-refractivity contribution >= 4 is 29.3 Å². The van der Waals surface area contributed by atoms with Gasteiger partial charge in [-0.3, -0.25) is 0 Å². The van der Waals surface area contributed by atoms with Gasteiger partial charge in [0.1, 0.15) is 5.82 Å². The first-order valence-electron chi connectivity index (χ1n) is 12.7. The van der Waals surface area contributed by atoms with Crippen LogP contribution in [-0.2, 0) is 15.8 Å². The summed E-state index contributed by atoms with van der Waals surface area (Å²) in [7, 11) is 0. The number of halogens is 4. The Balaban J connectivity index is 0.000000531. The molecular formula is C28H29F4NO5S. The predicted octanol–water partition coefficient (Wildman–Crippen LogP) is 5.91. The summed E-state index contributed by atoms with van der Waals surface area (Å²) in [6.45, 7) is 2.67. The Morgan fingerprint density at radius 3 is 2.26 bits per heavy atom. The number of alkyl halides is 3. The van der Waals surface area contributed by atoms with E-state index in [2.05, 4.69) is 4.90 Å². The normalized spacial score (nSPS) is 21.4. The number of hydrogen-bond donors (Lipinski definition) is 3. The van der Waals surface area contributed by atoms with Gasteiger partial charge in [0.15, 0.2) is 0 Å². The number of carbonyl (C=O) groups is 2. The number of carboxylic acids is 2. The highest BCUT2D eigenvalue weighted by Gasteiger charge is 2.34. The van der Waals surface area contributed by atoms with E-state index in [1.54, 1.807) is 6.07 Å². The molecule has 2 fully saturated rings. The van der Waals surface area contributed by atoms with Crippen LogP contribution in [0.2, 0.25) is 0 Å². The van der Waals surface area contributed by atoms with Crippen LogP contribution in [-0.4, -0.2) is 57.9 Å². The van der Waals surface area contributed by atoms with Crippen LogP contribution in [0.3, 0.4) is 0 Å². The first-order chi connectivity index (χ1) is 18.4. The Hall–Kier alpha value is -2.89. The van der Waals surface area contributed by atoms with Crippen LogP contribution in [0.25, 0.3) is 5.57 Å². The minimum Gasteiger partial charge on any atom is -0.473 e. The molecule has 0 bridgehead atoms. The van der Waals surface area contributed by atoms with Gasteiger partial charge in [-0.05, 0) is 85.1 Å². The first kappa shape index (κ1) is 29.1. The minimum atomic E-state index is -4.41. The summed E-state index contributed by atoms with van der Waals surface area (Å²) in [5.74, 6) is -3.48. The van der Waals surface area contributed by atoms with Gasteiger partial charge in [-0.15, -0.1) is 0 Å². The second kappa shape index (κ2) is 12.1. The fourth-order valence-electron chi connectivity index (χ4n) is 5.47. The van der Waals surface area contributed by atoms with E-state index in [4.69, 9.17) is 19.8 Å². The van der Waals surface area contributed by atoms with Gasteiger partial charge in [0.25, 0.3) is 0 Å². The quantitative estimate of drug-likeness (QED) is 0.262. The fraction of sp³-hybridized carbons (Fsp3) is 0.429. The maximum absolute atomic E-state index is 14.0. The number of piperidine rings is 1. The molecule has 3 aliphatic rings. The number of rotatable bonds is 2. The molecule has 2 aromatic rings. The average Bonchev–Trinajstić information content (AvgIpc) is 2.87. The van der Waals surface area contributed by atoms with E-state index in [1.165, 1.54) is 36.0 Å². The molecule has 0 radical (unpaired) electrons. The van der Waals surface area contributed by atoms with Crippen molar-refractivity contribution in [3.8, 4) is 0 Å². The number of fused-ring (bicyclic) bond motifs is 2. The Morgan fingerprint density at radius 2 is 1.64 bits per heavy atom. The van der Waals surface area contributed by atoms with Crippen LogP contribution in [0, 0.1) is 11.7 Å². The molecule has 2 unspecified atom stereocenters. The smallest absolute Gasteiger partial charge is 0.416 e. The Bertz CT molecular complexity index is 1260. The summed E-state index contributed by atoms with van der Waals surface area (Å²) >= 11 is 1.33. The Kier molecular flexibility index (Phi) is 9.03. The van der Waals surface area contributed by atoms with E-state index in [1.807, 2.05) is 0 Å². The molecule has 2 heterocycles. The third-order valence-electron chi connectivity index (χ3n) is 7.28. The topological polar surface area (TPSA) is 98.1 Å². The summed E-state index contributed by atoms with van der Waals surface area (Å²) in [6.07, 6.45) is 0.917. The zero-order chi connectivity index (χ0) is 28.3. The number of nitrogens with zero attached hydrogens (tertiary/aromatic N) is 1. The van der Waals surface area contributed by atoms with Crippen LogP contribution in [0.4, 0.5) is 17.6 Å². The highest BCUT2D eigenvalue weighted by Crippen LogP contribution is 2.49. The molecule has 11 heteroatoms. The fourth-order valence-corrected chi connectivity index (χ4v) is 6.57. The highest BCUT2D eigenvalue weighted by atomic mass is 32.2. The molecule has 1 aliphatic carbocycles. The van der Waals surface area contributed by atoms with Gasteiger partial charge in [0, 0.05) is 29.4 Å². The lowest BCUT2D eigenvalue weighted by molar-refractivity contribution is -0.159. The molecule has 5 rings (SSSR count). The van der Waals surface area contributed by atoms with Crippen molar-refractivity contribution in [1.82, 2.24) is 4.90 Å². The highest BCUT2D eigenvalue weighted by molar-refractivity contribution is 7.99. The molecule has 6 nitrogen and oxygen atoms in total. The van der Waals surface area contributed by atoms with Crippen LogP contribution in [0.15, 0.2) is 51.8 Å². The third kappa shape index (κ3) is 7.20. The van der Waals surface area contributed by atoms with Crippen LogP contribution >= 0.6 is 11.8 Å².